The number of ether oxygens (including phenoxy) is 1. The van der Waals surface area contributed by atoms with E-state index in [1.165, 1.54) is 5.56 Å². The van der Waals surface area contributed by atoms with E-state index in [9.17, 15) is 9.18 Å². The molecule has 1 aromatic rings. The number of hydrogen-bond acceptors (Lipinski definition) is 2. The zero-order chi connectivity index (χ0) is 19.5. The van der Waals surface area contributed by atoms with Crippen molar-refractivity contribution >= 4 is 5.91 Å². The number of nitrogens with one attached hydrogen (secondary N) is 1. The molecular weight excluding hydrogens is 341 g/mol. The second-order valence-electron chi connectivity index (χ2n) is 8.62. The molecule has 1 aromatic carbocycles. The molecule has 27 heavy (non-hydrogen) atoms. The summed E-state index contributed by atoms with van der Waals surface area (Å²) in [6.07, 6.45) is 7.44. The largest absolute Gasteiger partial charge is 0.489 e. The number of benzene rings is 1. The van der Waals surface area contributed by atoms with Gasteiger partial charge in [-0.2, -0.15) is 0 Å². The summed E-state index contributed by atoms with van der Waals surface area (Å²) in [4.78, 5) is 12.7. The van der Waals surface area contributed by atoms with Gasteiger partial charge < -0.3 is 10.1 Å². The fraction of sp³-hybridized carbons (Fsp3) is 0.609. The maximum atomic E-state index is 12.7. The molecule has 1 amide bonds. The third-order valence-corrected chi connectivity index (χ3v) is 6.65. The van der Waals surface area contributed by atoms with Gasteiger partial charge in [0.1, 0.15) is 12.4 Å². The Hall–Kier alpha value is -1.84. The van der Waals surface area contributed by atoms with Gasteiger partial charge in [-0.15, -0.1) is 0 Å². The van der Waals surface area contributed by atoms with E-state index in [4.69, 9.17) is 4.74 Å². The first-order valence-corrected chi connectivity index (χ1v) is 10.3. The Morgan fingerprint density at radius 2 is 1.74 bits per heavy atom. The van der Waals surface area contributed by atoms with Gasteiger partial charge in [-0.25, -0.2) is 4.39 Å². The Bertz CT molecular complexity index is 668. The van der Waals surface area contributed by atoms with Gasteiger partial charge in [0, 0.05) is 11.5 Å². The van der Waals surface area contributed by atoms with Crippen LogP contribution < -0.4 is 10.1 Å². The molecule has 3 aliphatic carbocycles. The van der Waals surface area contributed by atoms with Crippen LogP contribution in [0, 0.1) is 5.41 Å². The predicted octanol–water partition coefficient (Wildman–Crippen LogP) is 5.45. The number of fused-ring (bicyclic) bond motifs is 3. The molecule has 3 nitrogen and oxygen atoms in total. The first-order chi connectivity index (χ1) is 12.9. The Labute approximate surface area is 162 Å². The molecule has 4 heteroatoms. The number of amides is 1. The highest BCUT2D eigenvalue weighted by Crippen LogP contribution is 2.57. The maximum absolute atomic E-state index is 12.7. The molecule has 0 saturated heterocycles. The number of hydrogen-bond donors (Lipinski definition) is 1. The zero-order valence-corrected chi connectivity index (χ0v) is 16.8. The molecule has 3 fully saturated rings. The molecular formula is C23H32FNO2. The number of carbonyl (C=O) groups is 1. The van der Waals surface area contributed by atoms with Crippen LogP contribution in [0.4, 0.5) is 4.39 Å². The first kappa shape index (κ1) is 19.9. The molecule has 3 saturated carbocycles. The van der Waals surface area contributed by atoms with Crippen molar-refractivity contribution in [2.45, 2.75) is 77.2 Å². The lowest BCUT2D eigenvalue weighted by Gasteiger charge is -2.53. The molecule has 0 radical (unpaired) electrons. The smallest absolute Gasteiger partial charge is 0.226 e. The van der Waals surface area contributed by atoms with E-state index < -0.39 is 0 Å². The van der Waals surface area contributed by atoms with E-state index in [2.05, 4.69) is 17.4 Å². The van der Waals surface area contributed by atoms with Crippen molar-refractivity contribution in [3.05, 3.63) is 41.7 Å². The van der Waals surface area contributed by atoms with Gasteiger partial charge in [0.15, 0.2) is 0 Å². The van der Waals surface area contributed by atoms with Gasteiger partial charge in [0.05, 0.1) is 6.33 Å². The Kier molecular flexibility index (Phi) is 5.92. The average molecular weight is 374 g/mol. The van der Waals surface area contributed by atoms with Gasteiger partial charge in [-0.05, 0) is 87.5 Å². The van der Waals surface area contributed by atoms with Gasteiger partial charge in [-0.3, -0.25) is 4.79 Å². The molecule has 1 N–H and O–H groups in total. The summed E-state index contributed by atoms with van der Waals surface area (Å²) >= 11 is 0. The van der Waals surface area contributed by atoms with Crippen LogP contribution in [0.1, 0.15) is 71.3 Å². The second-order valence-corrected chi connectivity index (χ2v) is 8.62. The van der Waals surface area contributed by atoms with Crippen molar-refractivity contribution in [1.82, 2.24) is 5.32 Å². The van der Waals surface area contributed by atoms with Gasteiger partial charge in [0.25, 0.3) is 0 Å². The first-order valence-electron chi connectivity index (χ1n) is 10.3. The molecule has 0 atom stereocenters. The highest BCUT2D eigenvalue weighted by molar-refractivity contribution is 5.83. The SMILES string of the molecule is CC/C(=C\F)COc1ccc(C23CCC(C(=O)NC(C)C)(CC2)CC3)cc1. The van der Waals surface area contributed by atoms with Crippen molar-refractivity contribution in [2.75, 3.05) is 6.61 Å². The minimum Gasteiger partial charge on any atom is -0.489 e. The van der Waals surface area contributed by atoms with Crippen LogP contribution in [-0.2, 0) is 10.2 Å². The summed E-state index contributed by atoms with van der Waals surface area (Å²) in [5.74, 6) is 1.03. The molecule has 148 valence electrons. The van der Waals surface area contributed by atoms with E-state index in [-0.39, 0.29) is 22.8 Å². The molecule has 0 spiro atoms. The monoisotopic (exact) mass is 373 g/mol. The standard InChI is InChI=1S/C23H32FNO2/c1-4-18(15-24)16-27-20-7-5-19(6-8-20)22-9-12-23(13-10-22,14-11-22)21(26)25-17(2)3/h5-8,15,17H,4,9-14,16H2,1-3H3,(H,25,26)/b18-15+. The third kappa shape index (κ3) is 4.04. The van der Waals surface area contributed by atoms with E-state index >= 15 is 0 Å². The summed E-state index contributed by atoms with van der Waals surface area (Å²) in [6, 6.07) is 8.52. The Morgan fingerprint density at radius 1 is 1.15 bits per heavy atom. The maximum Gasteiger partial charge on any atom is 0.226 e. The van der Waals surface area contributed by atoms with Crippen molar-refractivity contribution in [1.29, 1.82) is 0 Å². The highest BCUT2D eigenvalue weighted by atomic mass is 19.1. The minimum atomic E-state index is -0.148. The minimum absolute atomic E-state index is 0.148. The molecule has 0 aliphatic heterocycles. The van der Waals surface area contributed by atoms with Crippen LogP contribution >= 0.6 is 0 Å². The average Bonchev–Trinajstić information content (AvgIpc) is 2.70. The lowest BCUT2D eigenvalue weighted by Crippen LogP contribution is -2.52. The fourth-order valence-electron chi connectivity index (χ4n) is 4.67. The van der Waals surface area contributed by atoms with Crippen LogP contribution in [0.15, 0.2) is 36.2 Å². The van der Waals surface area contributed by atoms with Gasteiger partial charge in [-0.1, -0.05) is 19.1 Å². The Morgan fingerprint density at radius 3 is 2.22 bits per heavy atom. The molecule has 4 rings (SSSR count). The van der Waals surface area contributed by atoms with Gasteiger partial charge in [0.2, 0.25) is 5.91 Å². The van der Waals surface area contributed by atoms with E-state index in [1.807, 2.05) is 32.9 Å². The van der Waals surface area contributed by atoms with Crippen LogP contribution in [0.5, 0.6) is 5.75 Å². The summed E-state index contributed by atoms with van der Waals surface area (Å²) in [7, 11) is 0. The van der Waals surface area contributed by atoms with Crippen molar-refractivity contribution in [2.24, 2.45) is 5.41 Å². The van der Waals surface area contributed by atoms with Gasteiger partial charge >= 0.3 is 0 Å². The van der Waals surface area contributed by atoms with Crippen LogP contribution in [0.3, 0.4) is 0 Å². The van der Waals surface area contributed by atoms with Crippen LogP contribution in [0.2, 0.25) is 0 Å². The number of rotatable bonds is 7. The normalized spacial score (nSPS) is 27.7. The fourth-order valence-corrected chi connectivity index (χ4v) is 4.67. The summed E-state index contributed by atoms with van der Waals surface area (Å²) in [5.41, 5.74) is 2.06. The zero-order valence-electron chi connectivity index (χ0n) is 16.8. The molecule has 2 bridgehead atoms. The summed E-state index contributed by atoms with van der Waals surface area (Å²) < 4.78 is 18.3. The number of halogens is 1. The molecule has 0 heterocycles. The predicted molar refractivity (Wildman–Crippen MR) is 107 cm³/mol. The summed E-state index contributed by atoms with van der Waals surface area (Å²) in [5, 5.41) is 3.13. The lowest BCUT2D eigenvalue weighted by atomic mass is 9.51. The van der Waals surface area contributed by atoms with Crippen LogP contribution in [-0.4, -0.2) is 18.6 Å². The van der Waals surface area contributed by atoms with E-state index in [1.54, 1.807) is 0 Å². The topological polar surface area (TPSA) is 38.3 Å². The number of carbonyl (C=O) groups excluding carboxylic acids is 1. The molecule has 0 unspecified atom stereocenters. The van der Waals surface area contributed by atoms with Crippen LogP contribution in [0.25, 0.3) is 0 Å². The lowest BCUT2D eigenvalue weighted by molar-refractivity contribution is -0.138. The van der Waals surface area contributed by atoms with Crippen molar-refractivity contribution in [3.8, 4) is 5.75 Å². The Balaban J connectivity index is 1.64. The molecule has 0 aromatic heterocycles. The van der Waals surface area contributed by atoms with E-state index in [0.29, 0.717) is 24.9 Å². The molecule has 3 aliphatic rings. The van der Waals surface area contributed by atoms with Crippen molar-refractivity contribution in [3.63, 3.8) is 0 Å². The second kappa shape index (κ2) is 8.04. The third-order valence-electron chi connectivity index (χ3n) is 6.65. The summed E-state index contributed by atoms with van der Waals surface area (Å²) in [6.45, 7) is 6.28. The van der Waals surface area contributed by atoms with E-state index in [0.717, 1.165) is 44.3 Å². The van der Waals surface area contributed by atoms with Crippen molar-refractivity contribution < 1.29 is 13.9 Å². The highest BCUT2D eigenvalue weighted by Gasteiger charge is 2.52. The quantitative estimate of drug-likeness (QED) is 0.690.